The van der Waals surface area contributed by atoms with E-state index >= 15 is 0 Å². The number of hydrogen-bond donors (Lipinski definition) is 0. The van der Waals surface area contributed by atoms with Crippen molar-refractivity contribution in [1.29, 1.82) is 0 Å². The summed E-state index contributed by atoms with van der Waals surface area (Å²) in [6, 6.07) is 0. The van der Waals surface area contributed by atoms with Crippen LogP contribution in [-0.2, 0) is 4.79 Å². The molecule has 0 bridgehead atoms. The van der Waals surface area contributed by atoms with Gasteiger partial charge in [0.2, 0.25) is 5.91 Å². The molecule has 0 N–H and O–H groups in total. The fourth-order valence-corrected chi connectivity index (χ4v) is 2.62. The van der Waals surface area contributed by atoms with Crippen LogP contribution in [0.5, 0.6) is 0 Å². The average Bonchev–Trinajstić information content (AvgIpc) is 2.27. The zero-order valence-corrected chi connectivity index (χ0v) is 12.4. The van der Waals surface area contributed by atoms with Gasteiger partial charge in [-0.3, -0.25) is 9.69 Å². The van der Waals surface area contributed by atoms with Crippen molar-refractivity contribution in [3.8, 4) is 0 Å². The predicted molar refractivity (Wildman–Crippen MR) is 75.2 cm³/mol. The Balaban J connectivity index is 2.65. The highest BCUT2D eigenvalue weighted by Crippen LogP contribution is 2.27. The standard InChI is InChI=1S/C14H27N3O/c1-15(2)10-12-8-6-7-9-13(12)14(18)17(5)11-16(3)4/h6-7,12-13H,8-11H2,1-5H3. The summed E-state index contributed by atoms with van der Waals surface area (Å²) in [6.45, 7) is 1.67. The van der Waals surface area contributed by atoms with Gasteiger partial charge in [-0.2, -0.15) is 0 Å². The lowest BCUT2D eigenvalue weighted by Crippen LogP contribution is -2.43. The van der Waals surface area contributed by atoms with Gasteiger partial charge in [-0.15, -0.1) is 0 Å². The molecule has 4 nitrogen and oxygen atoms in total. The maximum absolute atomic E-state index is 12.5. The Morgan fingerprint density at radius 3 is 2.22 bits per heavy atom. The molecule has 1 aliphatic carbocycles. The van der Waals surface area contributed by atoms with Crippen molar-refractivity contribution in [2.24, 2.45) is 11.8 Å². The van der Waals surface area contributed by atoms with Crippen LogP contribution >= 0.6 is 0 Å². The average molecular weight is 253 g/mol. The van der Waals surface area contributed by atoms with Crippen molar-refractivity contribution >= 4 is 5.91 Å². The Morgan fingerprint density at radius 2 is 1.67 bits per heavy atom. The van der Waals surface area contributed by atoms with Gasteiger partial charge < -0.3 is 9.80 Å². The van der Waals surface area contributed by atoms with Crippen LogP contribution in [0.1, 0.15) is 12.8 Å². The molecule has 0 heterocycles. The Bertz CT molecular complexity index is 299. The van der Waals surface area contributed by atoms with E-state index in [1.54, 1.807) is 0 Å². The van der Waals surface area contributed by atoms with Crippen molar-refractivity contribution in [3.05, 3.63) is 12.2 Å². The summed E-state index contributed by atoms with van der Waals surface area (Å²) in [7, 11) is 10.0. The van der Waals surface area contributed by atoms with E-state index in [0.717, 1.165) is 19.4 Å². The molecule has 1 amide bonds. The first-order valence-corrected chi connectivity index (χ1v) is 6.61. The summed E-state index contributed by atoms with van der Waals surface area (Å²) < 4.78 is 0. The number of carbonyl (C=O) groups excluding carboxylic acids is 1. The summed E-state index contributed by atoms with van der Waals surface area (Å²) >= 11 is 0. The molecule has 4 heteroatoms. The lowest BCUT2D eigenvalue weighted by Gasteiger charge is -2.33. The van der Waals surface area contributed by atoms with E-state index in [9.17, 15) is 4.79 Å². The maximum atomic E-state index is 12.5. The van der Waals surface area contributed by atoms with Gasteiger partial charge in [0.25, 0.3) is 0 Å². The molecule has 2 unspecified atom stereocenters. The second-order valence-electron chi connectivity index (χ2n) is 5.83. The molecule has 0 spiro atoms. The third-order valence-corrected chi connectivity index (χ3v) is 3.35. The lowest BCUT2D eigenvalue weighted by atomic mass is 9.82. The topological polar surface area (TPSA) is 26.8 Å². The number of nitrogens with zero attached hydrogens (tertiary/aromatic N) is 3. The van der Waals surface area contributed by atoms with Gasteiger partial charge in [-0.05, 0) is 47.0 Å². The summed E-state index contributed by atoms with van der Waals surface area (Å²) in [5.74, 6) is 0.865. The van der Waals surface area contributed by atoms with E-state index in [0.29, 0.717) is 12.6 Å². The smallest absolute Gasteiger partial charge is 0.227 e. The fourth-order valence-electron chi connectivity index (χ4n) is 2.62. The largest absolute Gasteiger partial charge is 0.333 e. The molecule has 0 radical (unpaired) electrons. The number of hydrogen-bond acceptors (Lipinski definition) is 3. The summed E-state index contributed by atoms with van der Waals surface area (Å²) in [5.41, 5.74) is 0. The number of allylic oxidation sites excluding steroid dienone is 2. The third kappa shape index (κ3) is 4.42. The lowest BCUT2D eigenvalue weighted by molar-refractivity contribution is -0.137. The van der Waals surface area contributed by atoms with Gasteiger partial charge in [-0.1, -0.05) is 12.2 Å². The summed E-state index contributed by atoms with van der Waals surface area (Å²) in [6.07, 6.45) is 6.27. The Labute approximate surface area is 111 Å². The molecule has 2 atom stereocenters. The van der Waals surface area contributed by atoms with Crippen molar-refractivity contribution < 1.29 is 4.79 Å². The van der Waals surface area contributed by atoms with Gasteiger partial charge in [-0.25, -0.2) is 0 Å². The molecule has 0 aromatic heterocycles. The number of amides is 1. The van der Waals surface area contributed by atoms with Gasteiger partial charge in [0.15, 0.2) is 0 Å². The molecule has 0 fully saturated rings. The molecule has 0 saturated carbocycles. The molecular formula is C14H27N3O. The Morgan fingerprint density at radius 1 is 1.06 bits per heavy atom. The molecule has 1 aliphatic rings. The van der Waals surface area contributed by atoms with Crippen molar-refractivity contribution in [1.82, 2.24) is 14.7 Å². The molecule has 0 aliphatic heterocycles. The molecule has 18 heavy (non-hydrogen) atoms. The van der Waals surface area contributed by atoms with Gasteiger partial charge >= 0.3 is 0 Å². The van der Waals surface area contributed by atoms with Crippen molar-refractivity contribution in [3.63, 3.8) is 0 Å². The molecule has 104 valence electrons. The fraction of sp³-hybridized carbons (Fsp3) is 0.786. The first-order chi connectivity index (χ1) is 8.41. The Kier molecular flexibility index (Phi) is 5.82. The van der Waals surface area contributed by atoms with Crippen LogP contribution < -0.4 is 0 Å². The molecule has 0 saturated heterocycles. The predicted octanol–water partition coefficient (Wildman–Crippen LogP) is 1.11. The van der Waals surface area contributed by atoms with Crippen LogP contribution in [0.15, 0.2) is 12.2 Å². The highest BCUT2D eigenvalue weighted by Gasteiger charge is 2.31. The first kappa shape index (κ1) is 15.2. The monoisotopic (exact) mass is 253 g/mol. The van der Waals surface area contributed by atoms with E-state index in [4.69, 9.17) is 0 Å². The van der Waals surface area contributed by atoms with E-state index < -0.39 is 0 Å². The van der Waals surface area contributed by atoms with E-state index in [-0.39, 0.29) is 11.8 Å². The summed E-state index contributed by atoms with van der Waals surface area (Å²) in [4.78, 5) is 18.5. The SMILES string of the molecule is CN(C)CC1CC=CCC1C(=O)N(C)CN(C)C. The minimum Gasteiger partial charge on any atom is -0.333 e. The van der Waals surface area contributed by atoms with Crippen LogP contribution in [0.4, 0.5) is 0 Å². The highest BCUT2D eigenvalue weighted by atomic mass is 16.2. The van der Waals surface area contributed by atoms with Crippen molar-refractivity contribution in [2.75, 3.05) is 48.5 Å². The first-order valence-electron chi connectivity index (χ1n) is 6.61. The summed E-state index contributed by atoms with van der Waals surface area (Å²) in [5, 5.41) is 0. The quantitative estimate of drug-likeness (QED) is 0.542. The van der Waals surface area contributed by atoms with Crippen molar-refractivity contribution in [2.45, 2.75) is 12.8 Å². The zero-order valence-electron chi connectivity index (χ0n) is 12.4. The molecular weight excluding hydrogens is 226 g/mol. The number of rotatable bonds is 5. The third-order valence-electron chi connectivity index (χ3n) is 3.35. The maximum Gasteiger partial charge on any atom is 0.227 e. The second kappa shape index (κ2) is 6.90. The van der Waals surface area contributed by atoms with E-state index in [1.807, 2.05) is 30.9 Å². The van der Waals surface area contributed by atoms with Crippen LogP contribution in [0.2, 0.25) is 0 Å². The second-order valence-corrected chi connectivity index (χ2v) is 5.83. The molecule has 0 aromatic carbocycles. The Hall–Kier alpha value is -0.870. The highest BCUT2D eigenvalue weighted by molar-refractivity contribution is 5.79. The van der Waals surface area contributed by atoms with E-state index in [2.05, 4.69) is 31.1 Å². The van der Waals surface area contributed by atoms with Crippen LogP contribution in [0, 0.1) is 11.8 Å². The minimum atomic E-state index is 0.141. The van der Waals surface area contributed by atoms with Crippen LogP contribution in [0.3, 0.4) is 0 Å². The number of carbonyl (C=O) groups is 1. The van der Waals surface area contributed by atoms with Crippen LogP contribution in [-0.4, -0.2) is 69.1 Å². The zero-order chi connectivity index (χ0) is 13.7. The minimum absolute atomic E-state index is 0.141. The van der Waals surface area contributed by atoms with E-state index in [1.165, 1.54) is 0 Å². The van der Waals surface area contributed by atoms with Gasteiger partial charge in [0.05, 0.1) is 6.67 Å². The van der Waals surface area contributed by atoms with Gasteiger partial charge in [0.1, 0.15) is 0 Å². The molecule has 1 rings (SSSR count). The van der Waals surface area contributed by atoms with Crippen LogP contribution in [0.25, 0.3) is 0 Å². The van der Waals surface area contributed by atoms with Gasteiger partial charge in [0, 0.05) is 19.5 Å². The normalized spacial score (nSPS) is 23.7. The molecule has 0 aromatic rings.